The van der Waals surface area contributed by atoms with Crippen LogP contribution in [0.15, 0.2) is 36.5 Å². The van der Waals surface area contributed by atoms with Gasteiger partial charge in [-0.1, -0.05) is 13.8 Å². The number of nitrogens with zero attached hydrogens (tertiary/aromatic N) is 2. The molecule has 4 N–H and O–H groups in total. The maximum Gasteiger partial charge on any atom is 0.189 e. The average molecular weight is 397 g/mol. The molecule has 1 aromatic heterocycles. The van der Waals surface area contributed by atoms with Gasteiger partial charge in [0.15, 0.2) is 5.11 Å². The van der Waals surface area contributed by atoms with Gasteiger partial charge in [0, 0.05) is 41.5 Å². The Hall–Kier alpha value is -2.77. The lowest BCUT2D eigenvalue weighted by Crippen LogP contribution is -2.29. The van der Waals surface area contributed by atoms with Gasteiger partial charge in [0.1, 0.15) is 17.7 Å². The second kappa shape index (κ2) is 6.68. The lowest BCUT2D eigenvalue weighted by Gasteiger charge is -2.26. The Morgan fingerprint density at radius 3 is 2.57 bits per heavy atom. The van der Waals surface area contributed by atoms with Gasteiger partial charge in [-0.05, 0) is 60.5 Å². The Morgan fingerprint density at radius 2 is 1.86 bits per heavy atom. The van der Waals surface area contributed by atoms with Crippen molar-refractivity contribution >= 4 is 33.9 Å². The minimum Gasteiger partial charge on any atom is -0.508 e. The molecular weight excluding hydrogens is 372 g/mol. The molecule has 0 amide bonds. The molecule has 2 heterocycles. The molecule has 0 spiro atoms. The molecule has 1 aliphatic rings. The zero-order chi connectivity index (χ0) is 20.2. The van der Waals surface area contributed by atoms with Crippen LogP contribution >= 0.6 is 12.2 Å². The maximum absolute atomic E-state index is 10.5. The van der Waals surface area contributed by atoms with E-state index in [2.05, 4.69) is 40.7 Å². The van der Waals surface area contributed by atoms with Crippen molar-refractivity contribution < 1.29 is 10.2 Å². The van der Waals surface area contributed by atoms with Crippen LogP contribution in [-0.2, 0) is 7.05 Å². The number of hydrogen-bond acceptors (Lipinski definition) is 4. The van der Waals surface area contributed by atoms with E-state index in [1.165, 1.54) is 11.6 Å². The summed E-state index contributed by atoms with van der Waals surface area (Å²) in [5.74, 6) is 0.239. The van der Waals surface area contributed by atoms with Gasteiger partial charge in [-0.2, -0.15) is 0 Å². The normalized spacial score (nSPS) is 17.0. The summed E-state index contributed by atoms with van der Waals surface area (Å²) in [7, 11) is 2.03. The van der Waals surface area contributed by atoms with E-state index >= 15 is 0 Å². The molecule has 3 aromatic rings. The number of aryl methyl sites for hydroxylation is 2. The fraction of sp³-hybridized carbons (Fsp3) is 0.286. The second-order valence-corrected chi connectivity index (χ2v) is 7.98. The molecule has 0 saturated carbocycles. The Morgan fingerprint density at radius 1 is 1.11 bits per heavy atom. The number of phenolic OH excluding ortho intramolecular Hbond substituents is 2. The minimum absolute atomic E-state index is 0.0212. The average Bonchev–Trinajstić information content (AvgIpc) is 3.14. The molecule has 28 heavy (non-hydrogen) atoms. The molecule has 1 saturated heterocycles. The monoisotopic (exact) mass is 396 g/mol. The summed E-state index contributed by atoms with van der Waals surface area (Å²) in [6.45, 7) is 6.10. The standard InChI is InChI=1S/C21H24N4O2S/c1-11(2)14-8-16(19(27)9-18(14)26)20-22-23-21(28)25(20)13-5-6-17-15(7-13)12(3)10-24(17)4/h5-11,20,22,26-27H,1-4H3,(H,23,28). The highest BCUT2D eigenvalue weighted by molar-refractivity contribution is 7.80. The largest absolute Gasteiger partial charge is 0.508 e. The van der Waals surface area contributed by atoms with Crippen molar-refractivity contribution in [2.24, 2.45) is 7.05 Å². The molecule has 1 aliphatic heterocycles. The summed E-state index contributed by atoms with van der Waals surface area (Å²) in [6, 6.07) is 9.44. The van der Waals surface area contributed by atoms with Gasteiger partial charge in [0.05, 0.1) is 0 Å². The number of aromatic hydroxyl groups is 2. The molecular formula is C21H24N4O2S. The number of hydrogen-bond donors (Lipinski definition) is 4. The number of hydrazine groups is 1. The zero-order valence-corrected chi connectivity index (χ0v) is 17.1. The highest BCUT2D eigenvalue weighted by Crippen LogP contribution is 2.39. The number of anilines is 1. The quantitative estimate of drug-likeness (QED) is 0.503. The zero-order valence-electron chi connectivity index (χ0n) is 16.3. The van der Waals surface area contributed by atoms with Crippen molar-refractivity contribution in [3.05, 3.63) is 53.2 Å². The summed E-state index contributed by atoms with van der Waals surface area (Å²) >= 11 is 5.53. The van der Waals surface area contributed by atoms with Crippen LogP contribution in [0.25, 0.3) is 10.9 Å². The van der Waals surface area contributed by atoms with Gasteiger partial charge in [-0.3, -0.25) is 10.3 Å². The van der Waals surface area contributed by atoms with Crippen molar-refractivity contribution in [2.75, 3.05) is 4.90 Å². The third-order valence-corrected chi connectivity index (χ3v) is 5.63. The van der Waals surface area contributed by atoms with Gasteiger partial charge in [-0.15, -0.1) is 0 Å². The van der Waals surface area contributed by atoms with E-state index in [-0.39, 0.29) is 17.4 Å². The van der Waals surface area contributed by atoms with Crippen LogP contribution in [0.2, 0.25) is 0 Å². The first kappa shape index (κ1) is 18.6. The van der Waals surface area contributed by atoms with E-state index in [0.29, 0.717) is 10.7 Å². The summed E-state index contributed by atoms with van der Waals surface area (Å²) in [5.41, 5.74) is 10.9. The van der Waals surface area contributed by atoms with E-state index in [0.717, 1.165) is 22.2 Å². The fourth-order valence-corrected chi connectivity index (χ4v) is 4.14. The highest BCUT2D eigenvalue weighted by Gasteiger charge is 2.33. The molecule has 4 rings (SSSR count). The SMILES string of the molecule is Cc1cn(C)c2ccc(N3C(=S)NNC3c3cc(C(C)C)c(O)cc3O)cc12. The first-order valence-corrected chi connectivity index (χ1v) is 9.65. The molecule has 6 nitrogen and oxygen atoms in total. The van der Waals surface area contributed by atoms with Crippen LogP contribution < -0.4 is 15.8 Å². The first-order chi connectivity index (χ1) is 13.3. The number of phenols is 2. The molecule has 0 radical (unpaired) electrons. The van der Waals surface area contributed by atoms with Gasteiger partial charge < -0.3 is 14.8 Å². The summed E-state index contributed by atoms with van der Waals surface area (Å²) < 4.78 is 2.10. The van der Waals surface area contributed by atoms with Gasteiger partial charge in [0.25, 0.3) is 0 Å². The third-order valence-electron chi connectivity index (χ3n) is 5.34. The van der Waals surface area contributed by atoms with Crippen molar-refractivity contribution in [3.63, 3.8) is 0 Å². The molecule has 0 aliphatic carbocycles. The maximum atomic E-state index is 10.5. The molecule has 2 aromatic carbocycles. The van der Waals surface area contributed by atoms with Crippen molar-refractivity contribution in [3.8, 4) is 11.5 Å². The number of aromatic nitrogens is 1. The molecule has 1 fully saturated rings. The summed E-state index contributed by atoms with van der Waals surface area (Å²) in [4.78, 5) is 1.94. The van der Waals surface area contributed by atoms with E-state index in [4.69, 9.17) is 12.2 Å². The number of thiocarbonyl (C=S) groups is 1. The third kappa shape index (κ3) is 2.87. The predicted octanol–water partition coefficient (Wildman–Crippen LogP) is 3.92. The van der Waals surface area contributed by atoms with E-state index in [9.17, 15) is 10.2 Å². The van der Waals surface area contributed by atoms with Crippen LogP contribution in [0.1, 0.15) is 42.6 Å². The molecule has 0 bridgehead atoms. The number of rotatable bonds is 3. The smallest absolute Gasteiger partial charge is 0.189 e. The van der Waals surface area contributed by atoms with Crippen LogP contribution in [0.4, 0.5) is 5.69 Å². The van der Waals surface area contributed by atoms with Gasteiger partial charge in [-0.25, -0.2) is 5.43 Å². The predicted molar refractivity (Wildman–Crippen MR) is 116 cm³/mol. The summed E-state index contributed by atoms with van der Waals surface area (Å²) in [5, 5.41) is 22.4. The second-order valence-electron chi connectivity index (χ2n) is 7.60. The molecule has 146 valence electrons. The number of nitrogens with one attached hydrogen (secondary N) is 2. The minimum atomic E-state index is -0.396. The van der Waals surface area contributed by atoms with E-state index in [1.54, 1.807) is 0 Å². The number of fused-ring (bicyclic) bond motifs is 1. The van der Waals surface area contributed by atoms with Crippen LogP contribution in [0, 0.1) is 6.92 Å². The number of benzene rings is 2. The Kier molecular flexibility index (Phi) is 4.44. The fourth-order valence-electron chi connectivity index (χ4n) is 3.88. The topological polar surface area (TPSA) is 72.7 Å². The van der Waals surface area contributed by atoms with Crippen molar-refractivity contribution in [1.29, 1.82) is 0 Å². The van der Waals surface area contributed by atoms with Crippen LogP contribution in [-0.4, -0.2) is 19.9 Å². The lowest BCUT2D eigenvalue weighted by atomic mass is 9.97. The van der Waals surface area contributed by atoms with Crippen LogP contribution in [0.5, 0.6) is 11.5 Å². The van der Waals surface area contributed by atoms with Crippen molar-refractivity contribution in [1.82, 2.24) is 15.4 Å². The van der Waals surface area contributed by atoms with E-state index < -0.39 is 6.17 Å². The van der Waals surface area contributed by atoms with Gasteiger partial charge in [0.2, 0.25) is 0 Å². The van der Waals surface area contributed by atoms with Crippen molar-refractivity contribution in [2.45, 2.75) is 32.9 Å². The molecule has 1 atom stereocenters. The Balaban J connectivity index is 1.82. The van der Waals surface area contributed by atoms with E-state index in [1.807, 2.05) is 37.9 Å². The Labute approximate surface area is 169 Å². The van der Waals surface area contributed by atoms with Crippen LogP contribution in [0.3, 0.4) is 0 Å². The molecule has 7 heteroatoms. The Bertz CT molecular complexity index is 1090. The first-order valence-electron chi connectivity index (χ1n) is 9.24. The lowest BCUT2D eigenvalue weighted by molar-refractivity contribution is 0.431. The molecule has 1 unspecified atom stereocenters. The highest BCUT2D eigenvalue weighted by atomic mass is 32.1. The van der Waals surface area contributed by atoms with Gasteiger partial charge >= 0.3 is 0 Å². The summed E-state index contributed by atoms with van der Waals surface area (Å²) in [6.07, 6.45) is 1.71.